The molecule has 0 aromatic carbocycles. The first-order valence-corrected chi connectivity index (χ1v) is 5.93. The third-order valence-electron chi connectivity index (χ3n) is 2.52. The maximum Gasteiger partial charge on any atom is 0.0404 e. The van der Waals surface area contributed by atoms with E-state index in [0.717, 1.165) is 37.9 Å². The van der Waals surface area contributed by atoms with Crippen molar-refractivity contribution in [1.29, 1.82) is 0 Å². The first kappa shape index (κ1) is 12.7. The number of pyridine rings is 1. The number of aryl methyl sites for hydroxylation is 1. The summed E-state index contributed by atoms with van der Waals surface area (Å²) >= 11 is 0. The van der Waals surface area contributed by atoms with Crippen molar-refractivity contribution in [3.63, 3.8) is 0 Å². The molecular formula is C14H20N2. The summed E-state index contributed by atoms with van der Waals surface area (Å²) in [5, 5.41) is 3.47. The molecule has 0 spiro atoms. The van der Waals surface area contributed by atoms with E-state index in [0.29, 0.717) is 6.04 Å². The zero-order valence-electron chi connectivity index (χ0n) is 9.95. The number of nitrogens with one attached hydrogen (secondary N) is 1. The highest BCUT2D eigenvalue weighted by atomic mass is 14.9. The molecule has 2 heteroatoms. The third-order valence-corrected chi connectivity index (χ3v) is 2.52. The molecular weight excluding hydrogens is 196 g/mol. The van der Waals surface area contributed by atoms with Crippen molar-refractivity contribution < 1.29 is 0 Å². The fourth-order valence-corrected chi connectivity index (χ4v) is 1.64. The van der Waals surface area contributed by atoms with Gasteiger partial charge in [-0.05, 0) is 37.9 Å². The molecule has 1 aromatic heterocycles. The number of terminal acetylenes is 1. The molecule has 0 bridgehead atoms. The summed E-state index contributed by atoms with van der Waals surface area (Å²) in [6, 6.07) is 6.45. The maximum atomic E-state index is 5.36. The van der Waals surface area contributed by atoms with Crippen LogP contribution in [0.25, 0.3) is 0 Å². The van der Waals surface area contributed by atoms with Crippen molar-refractivity contribution in [2.24, 2.45) is 0 Å². The average molecular weight is 216 g/mol. The van der Waals surface area contributed by atoms with E-state index in [1.165, 1.54) is 0 Å². The van der Waals surface area contributed by atoms with Crippen LogP contribution in [0.1, 0.15) is 31.9 Å². The summed E-state index contributed by atoms with van der Waals surface area (Å²) in [6.07, 6.45) is 11.2. The van der Waals surface area contributed by atoms with Crippen LogP contribution >= 0.6 is 0 Å². The van der Waals surface area contributed by atoms with Crippen LogP contribution < -0.4 is 5.32 Å². The Balaban J connectivity index is 2.35. The first-order chi connectivity index (χ1) is 7.86. The van der Waals surface area contributed by atoms with Gasteiger partial charge in [0.15, 0.2) is 0 Å². The van der Waals surface area contributed by atoms with E-state index in [4.69, 9.17) is 6.42 Å². The van der Waals surface area contributed by atoms with Crippen LogP contribution in [-0.4, -0.2) is 17.6 Å². The minimum Gasteiger partial charge on any atom is -0.313 e. The van der Waals surface area contributed by atoms with E-state index >= 15 is 0 Å². The van der Waals surface area contributed by atoms with Gasteiger partial charge in [-0.15, -0.1) is 12.3 Å². The van der Waals surface area contributed by atoms with Crippen molar-refractivity contribution >= 4 is 0 Å². The number of nitrogens with zero attached hydrogens (tertiary/aromatic N) is 1. The summed E-state index contributed by atoms with van der Waals surface area (Å²) in [6.45, 7) is 3.20. The molecule has 1 atom stereocenters. The molecule has 0 aliphatic carbocycles. The van der Waals surface area contributed by atoms with Gasteiger partial charge in [-0.1, -0.05) is 13.0 Å². The van der Waals surface area contributed by atoms with Gasteiger partial charge >= 0.3 is 0 Å². The van der Waals surface area contributed by atoms with Crippen molar-refractivity contribution in [1.82, 2.24) is 10.3 Å². The zero-order chi connectivity index (χ0) is 11.6. The summed E-state index contributed by atoms with van der Waals surface area (Å²) in [7, 11) is 0. The second-order valence-corrected chi connectivity index (χ2v) is 3.92. The third kappa shape index (κ3) is 4.95. The van der Waals surface area contributed by atoms with Crippen LogP contribution in [0.15, 0.2) is 24.4 Å². The Labute approximate surface area is 98.5 Å². The van der Waals surface area contributed by atoms with Crippen molar-refractivity contribution in [2.45, 2.75) is 38.6 Å². The summed E-state index contributed by atoms with van der Waals surface area (Å²) < 4.78 is 0. The molecule has 1 unspecified atom stereocenters. The second-order valence-electron chi connectivity index (χ2n) is 3.92. The molecule has 1 N–H and O–H groups in total. The predicted molar refractivity (Wildman–Crippen MR) is 68.1 cm³/mol. The molecule has 1 aromatic rings. The summed E-state index contributed by atoms with van der Waals surface area (Å²) in [4.78, 5) is 4.31. The number of hydrogen-bond acceptors (Lipinski definition) is 2. The normalized spacial score (nSPS) is 12.0. The van der Waals surface area contributed by atoms with E-state index in [1.807, 2.05) is 18.3 Å². The average Bonchev–Trinajstić information content (AvgIpc) is 2.34. The molecule has 0 fully saturated rings. The van der Waals surface area contributed by atoms with Crippen molar-refractivity contribution in [2.75, 3.05) is 6.54 Å². The fourth-order valence-electron chi connectivity index (χ4n) is 1.64. The SMILES string of the molecule is C#CCC(CCc1ccccn1)NCCC. The van der Waals surface area contributed by atoms with Crippen LogP contribution in [0.4, 0.5) is 0 Å². The van der Waals surface area contributed by atoms with Crippen LogP contribution in [0, 0.1) is 12.3 Å². The molecule has 16 heavy (non-hydrogen) atoms. The van der Waals surface area contributed by atoms with Gasteiger partial charge in [0.25, 0.3) is 0 Å². The molecule has 2 nitrogen and oxygen atoms in total. The van der Waals surface area contributed by atoms with E-state index in [2.05, 4.69) is 29.2 Å². The highest BCUT2D eigenvalue weighted by molar-refractivity contribution is 5.04. The molecule has 0 saturated heterocycles. The molecule has 0 saturated carbocycles. The van der Waals surface area contributed by atoms with E-state index in [9.17, 15) is 0 Å². The lowest BCUT2D eigenvalue weighted by Gasteiger charge is -2.15. The van der Waals surface area contributed by atoms with E-state index in [-0.39, 0.29) is 0 Å². The lowest BCUT2D eigenvalue weighted by atomic mass is 10.1. The highest BCUT2D eigenvalue weighted by Gasteiger charge is 2.06. The molecule has 0 aliphatic heterocycles. The zero-order valence-corrected chi connectivity index (χ0v) is 9.95. The Bertz CT molecular complexity index is 313. The number of hydrogen-bond donors (Lipinski definition) is 1. The van der Waals surface area contributed by atoms with Gasteiger partial charge in [0.1, 0.15) is 0 Å². The van der Waals surface area contributed by atoms with E-state index in [1.54, 1.807) is 0 Å². The van der Waals surface area contributed by atoms with Gasteiger partial charge in [0, 0.05) is 24.4 Å². The Hall–Kier alpha value is -1.33. The lowest BCUT2D eigenvalue weighted by molar-refractivity contribution is 0.487. The summed E-state index contributed by atoms with van der Waals surface area (Å²) in [5.41, 5.74) is 1.14. The van der Waals surface area contributed by atoms with Crippen LogP contribution in [0.3, 0.4) is 0 Å². The molecule has 86 valence electrons. The van der Waals surface area contributed by atoms with Gasteiger partial charge in [0.05, 0.1) is 0 Å². The number of aromatic nitrogens is 1. The Kier molecular flexibility index (Phi) is 6.29. The second kappa shape index (κ2) is 7.90. The van der Waals surface area contributed by atoms with Crippen LogP contribution in [0.2, 0.25) is 0 Å². The van der Waals surface area contributed by atoms with E-state index < -0.39 is 0 Å². The predicted octanol–water partition coefficient (Wildman–Crippen LogP) is 2.41. The fraction of sp³-hybridized carbons (Fsp3) is 0.500. The van der Waals surface area contributed by atoms with Crippen LogP contribution in [0.5, 0.6) is 0 Å². The maximum absolute atomic E-state index is 5.36. The quantitative estimate of drug-likeness (QED) is 0.708. The molecule has 1 rings (SSSR count). The highest BCUT2D eigenvalue weighted by Crippen LogP contribution is 2.04. The van der Waals surface area contributed by atoms with Gasteiger partial charge in [-0.2, -0.15) is 0 Å². The first-order valence-electron chi connectivity index (χ1n) is 5.93. The lowest BCUT2D eigenvalue weighted by Crippen LogP contribution is -2.29. The largest absolute Gasteiger partial charge is 0.313 e. The van der Waals surface area contributed by atoms with Gasteiger partial charge in [0.2, 0.25) is 0 Å². The topological polar surface area (TPSA) is 24.9 Å². The molecule has 0 radical (unpaired) electrons. The van der Waals surface area contributed by atoms with Gasteiger partial charge in [-0.25, -0.2) is 0 Å². The van der Waals surface area contributed by atoms with Gasteiger partial charge < -0.3 is 5.32 Å². The Morgan fingerprint density at radius 2 is 2.38 bits per heavy atom. The molecule has 0 aliphatic rings. The monoisotopic (exact) mass is 216 g/mol. The Morgan fingerprint density at radius 1 is 1.50 bits per heavy atom. The minimum atomic E-state index is 0.423. The van der Waals surface area contributed by atoms with Crippen LogP contribution in [-0.2, 0) is 6.42 Å². The molecule has 1 heterocycles. The smallest absolute Gasteiger partial charge is 0.0404 e. The minimum absolute atomic E-state index is 0.423. The Morgan fingerprint density at radius 3 is 3.00 bits per heavy atom. The summed E-state index contributed by atoms with van der Waals surface area (Å²) in [5.74, 6) is 2.73. The van der Waals surface area contributed by atoms with Crippen molar-refractivity contribution in [3.05, 3.63) is 30.1 Å². The molecule has 0 amide bonds. The van der Waals surface area contributed by atoms with Crippen molar-refractivity contribution in [3.8, 4) is 12.3 Å². The standard InChI is InChI=1S/C14H20N2/c1-3-7-13(15-11-4-2)9-10-14-8-5-6-12-16-14/h1,5-6,8,12-13,15H,4,7,9-11H2,2H3. The van der Waals surface area contributed by atoms with Gasteiger partial charge in [-0.3, -0.25) is 4.98 Å². The number of rotatable bonds is 7.